The lowest BCUT2D eigenvalue weighted by Gasteiger charge is -2.26. The smallest absolute Gasteiger partial charge is 0.344 e. The van der Waals surface area contributed by atoms with Gasteiger partial charge in [-0.2, -0.15) is 5.26 Å². The minimum atomic E-state index is -0.728. The Bertz CT molecular complexity index is 1470. The van der Waals surface area contributed by atoms with Crippen LogP contribution in [-0.2, 0) is 6.61 Å². The SMILES string of the molecule is N#CC1=C(N)Oc2c(c(=O)oc3cc(CO)ccc23)C1c1ccc(-c2ccncc2)cc1. The topological polar surface area (TPSA) is 122 Å². The van der Waals surface area contributed by atoms with Gasteiger partial charge in [-0.25, -0.2) is 4.79 Å². The Morgan fingerprint density at radius 2 is 1.78 bits per heavy atom. The first-order valence-corrected chi connectivity index (χ1v) is 9.89. The normalized spacial score (nSPS) is 15.2. The molecule has 156 valence electrons. The summed E-state index contributed by atoms with van der Waals surface area (Å²) >= 11 is 0. The summed E-state index contributed by atoms with van der Waals surface area (Å²) in [5, 5.41) is 19.7. The van der Waals surface area contributed by atoms with Crippen LogP contribution in [0.25, 0.3) is 22.1 Å². The number of hydrogen-bond acceptors (Lipinski definition) is 7. The van der Waals surface area contributed by atoms with Crippen LogP contribution in [0, 0.1) is 11.3 Å². The molecular formula is C25H17N3O4. The van der Waals surface area contributed by atoms with E-state index in [4.69, 9.17) is 14.9 Å². The van der Waals surface area contributed by atoms with Crippen LogP contribution in [0.3, 0.4) is 0 Å². The van der Waals surface area contributed by atoms with E-state index in [1.165, 1.54) is 0 Å². The number of hydrogen-bond donors (Lipinski definition) is 2. The van der Waals surface area contributed by atoms with E-state index in [2.05, 4.69) is 11.1 Å². The molecule has 0 aliphatic carbocycles. The van der Waals surface area contributed by atoms with Gasteiger partial charge in [-0.05, 0) is 46.5 Å². The van der Waals surface area contributed by atoms with Gasteiger partial charge in [-0.15, -0.1) is 0 Å². The van der Waals surface area contributed by atoms with E-state index < -0.39 is 11.5 Å². The Labute approximate surface area is 182 Å². The van der Waals surface area contributed by atoms with Crippen molar-refractivity contribution in [1.29, 1.82) is 5.26 Å². The Morgan fingerprint density at radius 3 is 2.47 bits per heavy atom. The van der Waals surface area contributed by atoms with Crippen LogP contribution >= 0.6 is 0 Å². The molecule has 3 heterocycles. The summed E-state index contributed by atoms with van der Waals surface area (Å²) in [6.07, 6.45) is 3.43. The average molecular weight is 423 g/mol. The highest BCUT2D eigenvalue weighted by Gasteiger charge is 2.35. The third-order valence-corrected chi connectivity index (χ3v) is 5.57. The Balaban J connectivity index is 1.70. The first kappa shape index (κ1) is 19.5. The minimum absolute atomic E-state index is 0.0543. The highest BCUT2D eigenvalue weighted by Crippen LogP contribution is 2.43. The van der Waals surface area contributed by atoms with E-state index in [-0.39, 0.29) is 35.0 Å². The van der Waals surface area contributed by atoms with Gasteiger partial charge in [0.05, 0.1) is 23.5 Å². The van der Waals surface area contributed by atoms with Crippen LogP contribution in [0.2, 0.25) is 0 Å². The highest BCUT2D eigenvalue weighted by molar-refractivity contribution is 5.86. The van der Waals surface area contributed by atoms with Crippen LogP contribution in [0.1, 0.15) is 22.6 Å². The molecule has 7 heteroatoms. The Morgan fingerprint density at radius 1 is 1.06 bits per heavy atom. The van der Waals surface area contributed by atoms with Crippen LogP contribution in [0.4, 0.5) is 0 Å². The molecule has 7 nitrogen and oxygen atoms in total. The zero-order valence-electron chi connectivity index (χ0n) is 16.8. The van der Waals surface area contributed by atoms with Gasteiger partial charge in [-0.3, -0.25) is 4.98 Å². The summed E-state index contributed by atoms with van der Waals surface area (Å²) in [6, 6.07) is 18.4. The van der Waals surface area contributed by atoms with Gasteiger partial charge in [0.2, 0.25) is 5.88 Å². The van der Waals surface area contributed by atoms with Crippen molar-refractivity contribution >= 4 is 11.0 Å². The number of allylic oxidation sites excluding steroid dienone is 1. The molecule has 2 aromatic carbocycles. The van der Waals surface area contributed by atoms with E-state index in [9.17, 15) is 15.2 Å². The van der Waals surface area contributed by atoms with E-state index in [1.54, 1.807) is 30.6 Å². The van der Waals surface area contributed by atoms with Gasteiger partial charge in [-0.1, -0.05) is 30.3 Å². The molecule has 1 aliphatic heterocycles. The molecule has 0 radical (unpaired) electrons. The molecule has 1 unspecified atom stereocenters. The highest BCUT2D eigenvalue weighted by atomic mass is 16.5. The average Bonchev–Trinajstić information content (AvgIpc) is 2.83. The van der Waals surface area contributed by atoms with E-state index in [1.807, 2.05) is 36.4 Å². The molecular weight excluding hydrogens is 406 g/mol. The maximum absolute atomic E-state index is 13.0. The van der Waals surface area contributed by atoms with Crippen LogP contribution in [0.5, 0.6) is 5.75 Å². The quantitative estimate of drug-likeness (QED) is 0.483. The zero-order valence-corrected chi connectivity index (χ0v) is 16.8. The van der Waals surface area contributed by atoms with Gasteiger partial charge in [0.1, 0.15) is 17.2 Å². The van der Waals surface area contributed by atoms with Crippen LogP contribution < -0.4 is 16.1 Å². The number of ether oxygens (including phenoxy) is 1. The summed E-state index contributed by atoms with van der Waals surface area (Å²) in [5.41, 5.74) is 9.41. The van der Waals surface area contributed by atoms with Gasteiger partial charge < -0.3 is 20.0 Å². The molecule has 0 saturated carbocycles. The molecule has 0 spiro atoms. The van der Waals surface area contributed by atoms with Crippen molar-refractivity contribution in [2.75, 3.05) is 0 Å². The second-order valence-electron chi connectivity index (χ2n) is 7.40. The molecule has 1 atom stereocenters. The van der Waals surface area contributed by atoms with Crippen molar-refractivity contribution < 1.29 is 14.3 Å². The third-order valence-electron chi connectivity index (χ3n) is 5.57. The first-order chi connectivity index (χ1) is 15.6. The fourth-order valence-corrected chi connectivity index (χ4v) is 4.01. The summed E-state index contributed by atoms with van der Waals surface area (Å²) in [5.74, 6) is -0.518. The van der Waals surface area contributed by atoms with Gasteiger partial charge in [0.15, 0.2) is 5.75 Å². The van der Waals surface area contributed by atoms with Gasteiger partial charge in [0.25, 0.3) is 0 Å². The molecule has 0 saturated heterocycles. The second-order valence-corrected chi connectivity index (χ2v) is 7.40. The Hall–Kier alpha value is -4.41. The maximum atomic E-state index is 13.0. The predicted octanol–water partition coefficient (Wildman–Crippen LogP) is 3.57. The number of nitrogens with zero attached hydrogens (tertiary/aromatic N) is 2. The van der Waals surface area contributed by atoms with Crippen molar-refractivity contribution in [1.82, 2.24) is 4.98 Å². The second kappa shape index (κ2) is 7.69. The molecule has 3 N–H and O–H groups in total. The summed E-state index contributed by atoms with van der Waals surface area (Å²) in [4.78, 5) is 17.1. The van der Waals surface area contributed by atoms with Crippen molar-refractivity contribution in [3.05, 3.63) is 106 Å². The molecule has 2 aromatic heterocycles. The molecule has 0 amide bonds. The lowest BCUT2D eigenvalue weighted by atomic mass is 9.83. The number of aliphatic hydroxyl groups excluding tert-OH is 1. The van der Waals surface area contributed by atoms with Gasteiger partial charge in [0, 0.05) is 12.4 Å². The molecule has 32 heavy (non-hydrogen) atoms. The first-order valence-electron chi connectivity index (χ1n) is 9.89. The molecule has 0 fully saturated rings. The summed E-state index contributed by atoms with van der Waals surface area (Å²) < 4.78 is 11.3. The lowest BCUT2D eigenvalue weighted by Crippen LogP contribution is -2.26. The fraction of sp³-hybridized carbons (Fsp3) is 0.0800. The van der Waals surface area contributed by atoms with Crippen molar-refractivity contribution in [3.63, 3.8) is 0 Å². The Kier molecular flexibility index (Phi) is 4.70. The van der Waals surface area contributed by atoms with Crippen molar-refractivity contribution in [2.45, 2.75) is 12.5 Å². The number of nitrogens with two attached hydrogens (primary N) is 1. The number of aromatic nitrogens is 1. The molecule has 1 aliphatic rings. The molecule has 0 bridgehead atoms. The van der Waals surface area contributed by atoms with E-state index >= 15 is 0 Å². The monoisotopic (exact) mass is 423 g/mol. The number of fused-ring (bicyclic) bond motifs is 3. The van der Waals surface area contributed by atoms with Crippen LogP contribution in [-0.4, -0.2) is 10.1 Å². The van der Waals surface area contributed by atoms with Crippen molar-refractivity contribution in [3.8, 4) is 22.9 Å². The predicted molar refractivity (Wildman–Crippen MR) is 117 cm³/mol. The van der Waals surface area contributed by atoms with Crippen molar-refractivity contribution in [2.24, 2.45) is 5.73 Å². The van der Waals surface area contributed by atoms with E-state index in [0.29, 0.717) is 16.5 Å². The summed E-state index contributed by atoms with van der Waals surface area (Å²) in [7, 11) is 0. The number of aliphatic hydroxyl groups is 1. The minimum Gasteiger partial charge on any atom is -0.439 e. The largest absolute Gasteiger partial charge is 0.439 e. The van der Waals surface area contributed by atoms with Gasteiger partial charge >= 0.3 is 5.63 Å². The van der Waals surface area contributed by atoms with E-state index in [0.717, 1.165) is 11.1 Å². The number of pyridine rings is 1. The number of rotatable bonds is 3. The zero-order chi connectivity index (χ0) is 22.2. The molecule has 5 rings (SSSR count). The fourth-order valence-electron chi connectivity index (χ4n) is 4.01. The maximum Gasteiger partial charge on any atom is 0.344 e. The number of benzene rings is 2. The molecule has 4 aromatic rings. The standard InChI is InChI=1S/C25H17N3O4/c26-12-19-21(17-4-2-15(3-5-17)16-7-9-28-10-8-16)22-23(32-24(19)27)18-6-1-14(13-29)11-20(18)31-25(22)30/h1-11,21,29H,13,27H2. The number of nitriles is 1. The summed E-state index contributed by atoms with van der Waals surface area (Å²) in [6.45, 7) is -0.190. The lowest BCUT2D eigenvalue weighted by molar-refractivity contribution is 0.282. The third kappa shape index (κ3) is 3.11. The van der Waals surface area contributed by atoms with Crippen LogP contribution in [0.15, 0.2) is 87.7 Å².